The van der Waals surface area contributed by atoms with E-state index >= 15 is 0 Å². The fraction of sp³-hybridized carbons (Fsp3) is 0.364. The topological polar surface area (TPSA) is 52.7 Å². The SMILES string of the molecule is CC(=O)c1cccc(NC(=O)CN2CCN(CCc3ccccc3)CC2)c1. The molecule has 0 unspecified atom stereocenters. The van der Waals surface area contributed by atoms with Crippen molar-refractivity contribution in [1.29, 1.82) is 0 Å². The monoisotopic (exact) mass is 365 g/mol. The first kappa shape index (κ1) is 19.3. The van der Waals surface area contributed by atoms with E-state index in [-0.39, 0.29) is 11.7 Å². The van der Waals surface area contributed by atoms with Crippen molar-refractivity contribution in [3.63, 3.8) is 0 Å². The first-order chi connectivity index (χ1) is 13.1. The van der Waals surface area contributed by atoms with Crippen LogP contribution in [0.3, 0.4) is 0 Å². The Morgan fingerprint density at radius 2 is 1.63 bits per heavy atom. The Hall–Kier alpha value is -2.50. The Kier molecular flexibility index (Phi) is 6.74. The lowest BCUT2D eigenvalue weighted by Gasteiger charge is -2.34. The predicted octanol–water partition coefficient (Wildman–Crippen LogP) is 2.69. The molecule has 0 radical (unpaired) electrons. The highest BCUT2D eigenvalue weighted by molar-refractivity contribution is 5.97. The number of ketones is 1. The maximum atomic E-state index is 12.3. The van der Waals surface area contributed by atoms with Crippen LogP contribution in [0.4, 0.5) is 5.69 Å². The number of piperazine rings is 1. The molecular weight excluding hydrogens is 338 g/mol. The Morgan fingerprint density at radius 1 is 0.926 bits per heavy atom. The molecule has 3 rings (SSSR count). The summed E-state index contributed by atoms with van der Waals surface area (Å²) in [5.74, 6) is -0.0360. The second-order valence-corrected chi connectivity index (χ2v) is 7.04. The van der Waals surface area contributed by atoms with Gasteiger partial charge in [0.1, 0.15) is 0 Å². The van der Waals surface area contributed by atoms with Gasteiger partial charge >= 0.3 is 0 Å². The normalized spacial score (nSPS) is 15.4. The second-order valence-electron chi connectivity index (χ2n) is 7.04. The van der Waals surface area contributed by atoms with E-state index < -0.39 is 0 Å². The van der Waals surface area contributed by atoms with Crippen LogP contribution in [0.5, 0.6) is 0 Å². The van der Waals surface area contributed by atoms with Crippen molar-refractivity contribution in [2.75, 3.05) is 44.6 Å². The van der Waals surface area contributed by atoms with E-state index in [2.05, 4.69) is 39.4 Å². The van der Waals surface area contributed by atoms with Gasteiger partial charge in [-0.1, -0.05) is 42.5 Å². The quantitative estimate of drug-likeness (QED) is 0.767. The van der Waals surface area contributed by atoms with Crippen LogP contribution >= 0.6 is 0 Å². The highest BCUT2D eigenvalue weighted by Gasteiger charge is 2.18. The number of hydrogen-bond donors (Lipinski definition) is 1. The zero-order valence-corrected chi connectivity index (χ0v) is 15.9. The van der Waals surface area contributed by atoms with E-state index in [1.54, 1.807) is 18.2 Å². The zero-order valence-electron chi connectivity index (χ0n) is 15.9. The van der Waals surface area contributed by atoms with Gasteiger partial charge in [0.05, 0.1) is 6.54 Å². The molecule has 1 heterocycles. The number of rotatable bonds is 7. The molecule has 0 atom stereocenters. The molecule has 2 aromatic rings. The molecule has 1 aliphatic heterocycles. The smallest absolute Gasteiger partial charge is 0.238 e. The van der Waals surface area contributed by atoms with Gasteiger partial charge in [0.2, 0.25) is 5.91 Å². The summed E-state index contributed by atoms with van der Waals surface area (Å²) < 4.78 is 0. The molecule has 0 aliphatic carbocycles. The van der Waals surface area contributed by atoms with Gasteiger partial charge in [-0.2, -0.15) is 0 Å². The minimum atomic E-state index is -0.0339. The summed E-state index contributed by atoms with van der Waals surface area (Å²) in [4.78, 5) is 28.4. The van der Waals surface area contributed by atoms with E-state index in [0.717, 1.165) is 39.1 Å². The van der Waals surface area contributed by atoms with Crippen LogP contribution in [-0.4, -0.2) is 60.8 Å². The van der Waals surface area contributed by atoms with E-state index in [9.17, 15) is 9.59 Å². The van der Waals surface area contributed by atoms with Gasteiger partial charge in [-0.3, -0.25) is 14.5 Å². The van der Waals surface area contributed by atoms with Crippen LogP contribution in [0.25, 0.3) is 0 Å². The van der Waals surface area contributed by atoms with Crippen molar-refractivity contribution in [2.24, 2.45) is 0 Å². The summed E-state index contributed by atoms with van der Waals surface area (Å²) in [6, 6.07) is 17.6. The van der Waals surface area contributed by atoms with E-state index in [1.165, 1.54) is 12.5 Å². The van der Waals surface area contributed by atoms with Gasteiger partial charge in [0.25, 0.3) is 0 Å². The third-order valence-corrected chi connectivity index (χ3v) is 4.94. The molecule has 1 fully saturated rings. The number of amides is 1. The fourth-order valence-electron chi connectivity index (χ4n) is 3.32. The Balaban J connectivity index is 1.40. The molecule has 0 aromatic heterocycles. The lowest BCUT2D eigenvalue weighted by Crippen LogP contribution is -2.49. The molecule has 1 amide bonds. The van der Waals surface area contributed by atoms with Gasteiger partial charge in [-0.05, 0) is 31.0 Å². The Labute approximate surface area is 161 Å². The van der Waals surface area contributed by atoms with Crippen molar-refractivity contribution >= 4 is 17.4 Å². The summed E-state index contributed by atoms with van der Waals surface area (Å²) in [7, 11) is 0. The van der Waals surface area contributed by atoms with Crippen LogP contribution in [0, 0.1) is 0 Å². The van der Waals surface area contributed by atoms with Gasteiger partial charge in [0, 0.05) is 44.0 Å². The van der Waals surface area contributed by atoms with E-state index in [0.29, 0.717) is 17.8 Å². The molecule has 5 nitrogen and oxygen atoms in total. The van der Waals surface area contributed by atoms with E-state index in [1.807, 2.05) is 12.1 Å². The molecule has 1 saturated heterocycles. The Bertz CT molecular complexity index is 768. The maximum Gasteiger partial charge on any atom is 0.238 e. The molecular formula is C22H27N3O2. The van der Waals surface area contributed by atoms with Crippen molar-refractivity contribution in [3.05, 3.63) is 65.7 Å². The number of nitrogens with one attached hydrogen (secondary N) is 1. The van der Waals surface area contributed by atoms with Crippen LogP contribution in [0.15, 0.2) is 54.6 Å². The highest BCUT2D eigenvalue weighted by atomic mass is 16.2. The second kappa shape index (κ2) is 9.44. The summed E-state index contributed by atoms with van der Waals surface area (Å²) in [5, 5.41) is 2.90. The number of carbonyl (C=O) groups excluding carboxylic acids is 2. The van der Waals surface area contributed by atoms with Gasteiger partial charge in [-0.15, -0.1) is 0 Å². The molecule has 1 aliphatic rings. The number of carbonyl (C=O) groups is 2. The minimum absolute atomic E-state index is 0.00211. The molecule has 0 saturated carbocycles. The summed E-state index contributed by atoms with van der Waals surface area (Å²) >= 11 is 0. The van der Waals surface area contributed by atoms with Crippen LogP contribution < -0.4 is 5.32 Å². The molecule has 1 N–H and O–H groups in total. The fourth-order valence-corrected chi connectivity index (χ4v) is 3.32. The highest BCUT2D eigenvalue weighted by Crippen LogP contribution is 2.12. The zero-order chi connectivity index (χ0) is 19.1. The minimum Gasteiger partial charge on any atom is -0.325 e. The standard InChI is InChI=1S/C22H27N3O2/c1-18(26)20-8-5-9-21(16-20)23-22(27)17-25-14-12-24(13-15-25)11-10-19-6-3-2-4-7-19/h2-9,16H,10-15,17H2,1H3,(H,23,27). The molecule has 5 heteroatoms. The number of hydrogen-bond acceptors (Lipinski definition) is 4. The number of anilines is 1. The van der Waals surface area contributed by atoms with Crippen molar-refractivity contribution in [3.8, 4) is 0 Å². The van der Waals surface area contributed by atoms with Gasteiger partial charge < -0.3 is 10.2 Å². The summed E-state index contributed by atoms with van der Waals surface area (Å²) in [6.07, 6.45) is 1.06. The average Bonchev–Trinajstić information content (AvgIpc) is 2.68. The summed E-state index contributed by atoms with van der Waals surface area (Å²) in [6.45, 7) is 6.74. The van der Waals surface area contributed by atoms with Crippen LogP contribution in [0.1, 0.15) is 22.8 Å². The molecule has 142 valence electrons. The van der Waals surface area contributed by atoms with Crippen LogP contribution in [-0.2, 0) is 11.2 Å². The first-order valence-corrected chi connectivity index (χ1v) is 9.49. The molecule has 27 heavy (non-hydrogen) atoms. The van der Waals surface area contributed by atoms with Crippen molar-refractivity contribution in [2.45, 2.75) is 13.3 Å². The Morgan fingerprint density at radius 3 is 2.33 bits per heavy atom. The van der Waals surface area contributed by atoms with Crippen molar-refractivity contribution < 1.29 is 9.59 Å². The van der Waals surface area contributed by atoms with Crippen molar-refractivity contribution in [1.82, 2.24) is 9.80 Å². The lowest BCUT2D eigenvalue weighted by molar-refractivity contribution is -0.117. The average molecular weight is 365 g/mol. The van der Waals surface area contributed by atoms with Gasteiger partial charge in [0.15, 0.2) is 5.78 Å². The third-order valence-electron chi connectivity index (χ3n) is 4.94. The van der Waals surface area contributed by atoms with Gasteiger partial charge in [-0.25, -0.2) is 0 Å². The van der Waals surface area contributed by atoms with E-state index in [4.69, 9.17) is 0 Å². The molecule has 0 bridgehead atoms. The maximum absolute atomic E-state index is 12.3. The largest absolute Gasteiger partial charge is 0.325 e. The third kappa shape index (κ3) is 6.01. The number of Topliss-reactive ketones (excluding diaryl/α,β-unsaturated/α-hetero) is 1. The lowest BCUT2D eigenvalue weighted by atomic mass is 10.1. The first-order valence-electron chi connectivity index (χ1n) is 9.49. The number of nitrogens with zero attached hydrogens (tertiary/aromatic N) is 2. The number of benzene rings is 2. The molecule has 0 spiro atoms. The summed E-state index contributed by atoms with van der Waals surface area (Å²) in [5.41, 5.74) is 2.65. The molecule has 2 aromatic carbocycles. The predicted molar refractivity (Wildman–Crippen MR) is 108 cm³/mol. The van der Waals surface area contributed by atoms with Crippen LogP contribution in [0.2, 0.25) is 0 Å².